The van der Waals surface area contributed by atoms with Crippen molar-refractivity contribution in [1.29, 1.82) is 0 Å². The van der Waals surface area contributed by atoms with E-state index in [1.165, 1.54) is 36.9 Å². The third kappa shape index (κ3) is 2.89. The van der Waals surface area contributed by atoms with Crippen LogP contribution in [0.5, 0.6) is 0 Å². The molecule has 0 nitrogen and oxygen atoms in total. The van der Waals surface area contributed by atoms with Gasteiger partial charge in [0.05, 0.1) is 0 Å². The normalized spacial score (nSPS) is 13.2. The maximum Gasteiger partial charge on any atom is 0.0348 e. The molecule has 0 N–H and O–H groups in total. The average molecular weight is 351 g/mol. The third-order valence-corrected chi connectivity index (χ3v) is 6.81. The Bertz CT molecular complexity index is 987. The van der Waals surface area contributed by atoms with Crippen LogP contribution in [-0.4, -0.2) is 0 Å². The number of rotatable bonds is 4. The van der Waals surface area contributed by atoms with Gasteiger partial charge in [0.2, 0.25) is 0 Å². The van der Waals surface area contributed by atoms with Crippen molar-refractivity contribution in [2.24, 2.45) is 0 Å². The summed E-state index contributed by atoms with van der Waals surface area (Å²) in [5.41, 5.74) is 4.37. The Labute approximate surface area is 151 Å². The van der Waals surface area contributed by atoms with Gasteiger partial charge in [-0.2, -0.15) is 0 Å². The molecular formula is C22H22S2. The second-order valence-electron chi connectivity index (χ2n) is 6.99. The predicted octanol–water partition coefficient (Wildman–Crippen LogP) is 7.59. The first-order valence-electron chi connectivity index (χ1n) is 8.59. The van der Waals surface area contributed by atoms with Gasteiger partial charge in [-0.15, -0.1) is 22.7 Å². The number of benzene rings is 2. The summed E-state index contributed by atoms with van der Waals surface area (Å²) in [7, 11) is 0. The Morgan fingerprint density at radius 2 is 1.67 bits per heavy atom. The van der Waals surface area contributed by atoms with Crippen molar-refractivity contribution in [3.63, 3.8) is 0 Å². The van der Waals surface area contributed by atoms with E-state index >= 15 is 0 Å². The molecule has 4 rings (SSSR count). The summed E-state index contributed by atoms with van der Waals surface area (Å²) in [6.07, 6.45) is 1.11. The average Bonchev–Trinajstić information content (AvgIpc) is 3.20. The van der Waals surface area contributed by atoms with Crippen molar-refractivity contribution in [2.75, 3.05) is 0 Å². The highest BCUT2D eigenvalue weighted by Crippen LogP contribution is 2.33. The number of hydrogen-bond acceptors (Lipinski definition) is 2. The lowest BCUT2D eigenvalue weighted by molar-refractivity contribution is 0.766. The van der Waals surface area contributed by atoms with Crippen LogP contribution in [0.15, 0.2) is 53.2 Å². The molecule has 0 radical (unpaired) electrons. The van der Waals surface area contributed by atoms with Crippen molar-refractivity contribution in [2.45, 2.75) is 39.0 Å². The van der Waals surface area contributed by atoms with E-state index in [1.807, 2.05) is 22.7 Å². The zero-order valence-electron chi connectivity index (χ0n) is 14.4. The van der Waals surface area contributed by atoms with Gasteiger partial charge in [-0.25, -0.2) is 0 Å². The fraction of sp³-hybridized carbons (Fsp3) is 0.273. The number of hydrogen-bond donors (Lipinski definition) is 0. The smallest absolute Gasteiger partial charge is 0.0348 e. The lowest BCUT2D eigenvalue weighted by atomic mass is 9.92. The van der Waals surface area contributed by atoms with Gasteiger partial charge in [-0.05, 0) is 74.7 Å². The molecule has 2 heterocycles. The maximum atomic E-state index is 2.37. The van der Waals surface area contributed by atoms with Crippen LogP contribution in [0.4, 0.5) is 0 Å². The van der Waals surface area contributed by atoms with Crippen LogP contribution in [0.25, 0.3) is 20.2 Å². The van der Waals surface area contributed by atoms with Gasteiger partial charge in [0.1, 0.15) is 0 Å². The molecule has 122 valence electrons. The van der Waals surface area contributed by atoms with Crippen molar-refractivity contribution in [1.82, 2.24) is 0 Å². The van der Waals surface area contributed by atoms with Crippen molar-refractivity contribution >= 4 is 42.8 Å². The SMILES string of the molecule is CC(C)c1ccc2c(CC(C)c3ccc4sccc4c3)csc2c1. The summed E-state index contributed by atoms with van der Waals surface area (Å²) in [5, 5.41) is 7.35. The quantitative estimate of drug-likeness (QED) is 0.356. The lowest BCUT2D eigenvalue weighted by Crippen LogP contribution is -1.97. The van der Waals surface area contributed by atoms with E-state index in [1.54, 1.807) is 0 Å². The molecule has 0 spiro atoms. The molecule has 2 aromatic carbocycles. The van der Waals surface area contributed by atoms with Crippen molar-refractivity contribution in [3.8, 4) is 0 Å². The zero-order chi connectivity index (χ0) is 16.7. The Kier molecular flexibility index (Phi) is 4.19. The molecule has 1 atom stereocenters. The van der Waals surface area contributed by atoms with E-state index in [4.69, 9.17) is 0 Å². The van der Waals surface area contributed by atoms with E-state index in [0.717, 1.165) is 6.42 Å². The predicted molar refractivity (Wildman–Crippen MR) is 110 cm³/mol. The first-order valence-corrected chi connectivity index (χ1v) is 10.3. The Balaban J connectivity index is 1.63. The van der Waals surface area contributed by atoms with Gasteiger partial charge in [-0.3, -0.25) is 0 Å². The van der Waals surface area contributed by atoms with Crippen molar-refractivity contribution < 1.29 is 0 Å². The second-order valence-corrected chi connectivity index (χ2v) is 8.85. The molecule has 24 heavy (non-hydrogen) atoms. The molecule has 0 bridgehead atoms. The third-order valence-electron chi connectivity index (χ3n) is 4.92. The molecule has 0 aliphatic heterocycles. The summed E-state index contributed by atoms with van der Waals surface area (Å²) in [6, 6.07) is 16.2. The van der Waals surface area contributed by atoms with Crippen LogP contribution in [-0.2, 0) is 6.42 Å². The van der Waals surface area contributed by atoms with E-state index in [0.29, 0.717) is 11.8 Å². The summed E-state index contributed by atoms with van der Waals surface area (Å²) in [6.45, 7) is 6.87. The van der Waals surface area contributed by atoms with Gasteiger partial charge < -0.3 is 0 Å². The minimum Gasteiger partial charge on any atom is -0.144 e. The minimum absolute atomic E-state index is 0.539. The lowest BCUT2D eigenvalue weighted by Gasteiger charge is -2.12. The Morgan fingerprint density at radius 1 is 0.833 bits per heavy atom. The second kappa shape index (κ2) is 6.34. The summed E-state index contributed by atoms with van der Waals surface area (Å²) < 4.78 is 2.81. The monoisotopic (exact) mass is 350 g/mol. The standard InChI is InChI=1S/C22H22S2/c1-14(2)16-4-6-20-19(13-24-22(20)12-16)10-15(3)17-5-7-21-18(11-17)8-9-23-21/h4-9,11-15H,10H2,1-3H3. The summed E-state index contributed by atoms with van der Waals surface area (Å²) in [5.74, 6) is 1.13. The van der Waals surface area contributed by atoms with E-state index < -0.39 is 0 Å². The largest absolute Gasteiger partial charge is 0.144 e. The van der Waals surface area contributed by atoms with Crippen molar-refractivity contribution in [3.05, 3.63) is 69.9 Å². The first kappa shape index (κ1) is 15.9. The molecule has 2 heteroatoms. The fourth-order valence-corrected chi connectivity index (χ4v) is 5.15. The van der Waals surface area contributed by atoms with E-state index in [-0.39, 0.29) is 0 Å². The molecule has 0 saturated carbocycles. The fourth-order valence-electron chi connectivity index (χ4n) is 3.36. The highest BCUT2D eigenvalue weighted by Gasteiger charge is 2.12. The molecule has 0 saturated heterocycles. The van der Waals surface area contributed by atoms with Crippen LogP contribution in [0.1, 0.15) is 49.3 Å². The highest BCUT2D eigenvalue weighted by atomic mass is 32.1. The van der Waals surface area contributed by atoms with Gasteiger partial charge in [0.15, 0.2) is 0 Å². The number of thiophene rings is 2. The maximum absolute atomic E-state index is 2.37. The molecule has 1 unspecified atom stereocenters. The topological polar surface area (TPSA) is 0 Å². The Morgan fingerprint density at radius 3 is 2.50 bits per heavy atom. The molecular weight excluding hydrogens is 328 g/mol. The minimum atomic E-state index is 0.539. The zero-order valence-corrected chi connectivity index (χ0v) is 16.0. The van der Waals surface area contributed by atoms with Gasteiger partial charge in [0, 0.05) is 9.40 Å². The number of fused-ring (bicyclic) bond motifs is 2. The van der Waals surface area contributed by atoms with Gasteiger partial charge >= 0.3 is 0 Å². The first-order chi connectivity index (χ1) is 11.6. The summed E-state index contributed by atoms with van der Waals surface area (Å²) >= 11 is 3.71. The molecule has 2 aromatic heterocycles. The van der Waals surface area contributed by atoms with Gasteiger partial charge in [0.25, 0.3) is 0 Å². The molecule has 4 aromatic rings. The molecule has 0 amide bonds. The van der Waals surface area contributed by atoms with Crippen LogP contribution in [0.2, 0.25) is 0 Å². The van der Waals surface area contributed by atoms with E-state index in [2.05, 4.69) is 74.0 Å². The van der Waals surface area contributed by atoms with Crippen LogP contribution in [0, 0.1) is 0 Å². The van der Waals surface area contributed by atoms with Crippen LogP contribution in [0.3, 0.4) is 0 Å². The highest BCUT2D eigenvalue weighted by molar-refractivity contribution is 7.17. The van der Waals surface area contributed by atoms with Crippen LogP contribution < -0.4 is 0 Å². The molecule has 0 aliphatic rings. The van der Waals surface area contributed by atoms with Gasteiger partial charge in [-0.1, -0.05) is 45.0 Å². The van der Waals surface area contributed by atoms with E-state index in [9.17, 15) is 0 Å². The van der Waals surface area contributed by atoms with Crippen LogP contribution >= 0.6 is 22.7 Å². The summed E-state index contributed by atoms with van der Waals surface area (Å²) in [4.78, 5) is 0. The molecule has 0 fully saturated rings. The molecule has 0 aliphatic carbocycles. The Hall–Kier alpha value is -1.64.